The number of benzene rings is 2. The summed E-state index contributed by atoms with van der Waals surface area (Å²) in [7, 11) is 0. The van der Waals surface area contributed by atoms with E-state index in [-0.39, 0.29) is 11.8 Å². The van der Waals surface area contributed by atoms with Gasteiger partial charge in [-0.05, 0) is 48.9 Å². The van der Waals surface area contributed by atoms with Gasteiger partial charge in [0.2, 0.25) is 0 Å². The molecule has 0 amide bonds. The summed E-state index contributed by atoms with van der Waals surface area (Å²) in [5, 5.41) is 8.18. The second-order valence-corrected chi connectivity index (χ2v) is 8.78. The number of hydrazone groups is 1. The minimum atomic E-state index is -0.301. The molecule has 2 aliphatic heterocycles. The molecular weight excluding hydrogens is 356 g/mol. The smallest absolute Gasteiger partial charge is 0.198 e. The molecule has 3 aliphatic rings. The van der Waals surface area contributed by atoms with E-state index in [0.29, 0.717) is 0 Å². The van der Waals surface area contributed by atoms with Gasteiger partial charge in [-0.25, -0.2) is 5.01 Å². The maximum absolute atomic E-state index is 6.75. The summed E-state index contributed by atoms with van der Waals surface area (Å²) in [5.74, 6) is 1.85. The highest BCUT2D eigenvalue weighted by Gasteiger charge is 2.51. The second kappa shape index (κ2) is 6.27. The lowest BCUT2D eigenvalue weighted by Crippen LogP contribution is -2.55. The Balaban J connectivity index is 1.59. The van der Waals surface area contributed by atoms with Crippen LogP contribution in [0.1, 0.15) is 61.8 Å². The standard InChI is InChI=1S/C23H25ClN2O/c1-15-10-12-23(13-11-15)26-21(19-5-3-4-16(2)22(19)27-23)14-20(25-26)17-6-8-18(24)9-7-17/h3-9,15,21H,10-14H2,1-2H3. The van der Waals surface area contributed by atoms with E-state index < -0.39 is 0 Å². The average molecular weight is 381 g/mol. The lowest BCUT2D eigenvalue weighted by molar-refractivity contribution is -0.145. The summed E-state index contributed by atoms with van der Waals surface area (Å²) in [5.41, 5.74) is 4.48. The van der Waals surface area contributed by atoms with Crippen LogP contribution in [0.5, 0.6) is 5.75 Å². The average Bonchev–Trinajstić information content (AvgIpc) is 3.12. The van der Waals surface area contributed by atoms with Crippen LogP contribution < -0.4 is 4.74 Å². The first-order chi connectivity index (χ1) is 13.1. The number of aryl methyl sites for hydroxylation is 1. The van der Waals surface area contributed by atoms with Crippen molar-refractivity contribution in [3.05, 3.63) is 64.2 Å². The monoisotopic (exact) mass is 380 g/mol. The van der Waals surface area contributed by atoms with Crippen molar-refractivity contribution in [2.75, 3.05) is 0 Å². The highest BCUT2D eigenvalue weighted by Crippen LogP contribution is 2.52. The summed E-state index contributed by atoms with van der Waals surface area (Å²) in [4.78, 5) is 0. The Hall–Kier alpha value is -2.00. The Bertz CT molecular complexity index is 897. The first kappa shape index (κ1) is 17.1. The number of nitrogens with zero attached hydrogens (tertiary/aromatic N) is 2. The van der Waals surface area contributed by atoms with E-state index in [0.717, 1.165) is 47.2 Å². The number of rotatable bonds is 1. The summed E-state index contributed by atoms with van der Waals surface area (Å²) in [6, 6.07) is 14.8. The van der Waals surface area contributed by atoms with Crippen molar-refractivity contribution in [2.45, 2.75) is 57.7 Å². The van der Waals surface area contributed by atoms with E-state index in [1.165, 1.54) is 24.0 Å². The predicted octanol–water partition coefficient (Wildman–Crippen LogP) is 6.10. The van der Waals surface area contributed by atoms with Gasteiger partial charge in [-0.2, -0.15) is 5.10 Å². The number of para-hydroxylation sites is 1. The van der Waals surface area contributed by atoms with Gasteiger partial charge < -0.3 is 4.74 Å². The highest BCUT2D eigenvalue weighted by atomic mass is 35.5. The third kappa shape index (κ3) is 2.75. The van der Waals surface area contributed by atoms with Gasteiger partial charge in [0.1, 0.15) is 5.75 Å². The molecule has 27 heavy (non-hydrogen) atoms. The number of ether oxygens (including phenoxy) is 1. The van der Waals surface area contributed by atoms with E-state index in [2.05, 4.69) is 49.2 Å². The topological polar surface area (TPSA) is 24.8 Å². The zero-order valence-electron chi connectivity index (χ0n) is 15.9. The Kier molecular flexibility index (Phi) is 3.98. The molecule has 0 saturated heterocycles. The molecule has 0 aromatic heterocycles. The molecule has 5 rings (SSSR count). The van der Waals surface area contributed by atoms with Crippen molar-refractivity contribution < 1.29 is 4.74 Å². The van der Waals surface area contributed by atoms with Crippen LogP contribution in [0.25, 0.3) is 0 Å². The number of hydrogen-bond donors (Lipinski definition) is 0. The van der Waals surface area contributed by atoms with Gasteiger partial charge in [0.05, 0.1) is 11.8 Å². The summed E-state index contributed by atoms with van der Waals surface area (Å²) < 4.78 is 6.75. The summed E-state index contributed by atoms with van der Waals surface area (Å²) in [6.45, 7) is 4.50. The van der Waals surface area contributed by atoms with Crippen LogP contribution in [0.15, 0.2) is 47.6 Å². The fourth-order valence-corrected chi connectivity index (χ4v) is 4.93. The molecule has 1 fully saturated rings. The SMILES string of the molecule is Cc1cccc2c1OC1(CCC(C)CC1)N1N=C(c3ccc(Cl)cc3)CC21. The molecule has 3 nitrogen and oxygen atoms in total. The van der Waals surface area contributed by atoms with Crippen LogP contribution in [0.2, 0.25) is 5.02 Å². The van der Waals surface area contributed by atoms with Crippen LogP contribution in [0.4, 0.5) is 0 Å². The zero-order chi connectivity index (χ0) is 18.6. The van der Waals surface area contributed by atoms with E-state index in [1.807, 2.05) is 12.1 Å². The van der Waals surface area contributed by atoms with Crippen molar-refractivity contribution in [1.82, 2.24) is 5.01 Å². The Morgan fingerprint density at radius 1 is 1.11 bits per heavy atom. The van der Waals surface area contributed by atoms with Crippen LogP contribution in [-0.2, 0) is 0 Å². The molecule has 0 bridgehead atoms. The van der Waals surface area contributed by atoms with Crippen molar-refractivity contribution in [1.29, 1.82) is 0 Å². The summed E-state index contributed by atoms with van der Waals surface area (Å²) >= 11 is 6.08. The lowest BCUT2D eigenvalue weighted by atomic mass is 9.81. The van der Waals surface area contributed by atoms with Crippen LogP contribution in [0.3, 0.4) is 0 Å². The Morgan fingerprint density at radius 2 is 1.85 bits per heavy atom. The molecule has 2 aromatic rings. The molecule has 2 aromatic carbocycles. The maximum atomic E-state index is 6.75. The minimum absolute atomic E-state index is 0.257. The quantitative estimate of drug-likeness (QED) is 0.597. The van der Waals surface area contributed by atoms with Crippen molar-refractivity contribution >= 4 is 17.3 Å². The Morgan fingerprint density at radius 3 is 2.59 bits per heavy atom. The molecule has 140 valence electrons. The van der Waals surface area contributed by atoms with Gasteiger partial charge in [-0.3, -0.25) is 0 Å². The first-order valence-electron chi connectivity index (χ1n) is 9.97. The van der Waals surface area contributed by atoms with Gasteiger partial charge >= 0.3 is 0 Å². The molecule has 1 aliphatic carbocycles. The van der Waals surface area contributed by atoms with Gasteiger partial charge in [0, 0.05) is 29.8 Å². The lowest BCUT2D eigenvalue weighted by Gasteiger charge is -2.50. The number of fused-ring (bicyclic) bond motifs is 4. The minimum Gasteiger partial charge on any atom is -0.466 e. The Labute approximate surface area is 166 Å². The van der Waals surface area contributed by atoms with Crippen molar-refractivity contribution in [3.63, 3.8) is 0 Å². The van der Waals surface area contributed by atoms with E-state index in [9.17, 15) is 0 Å². The van der Waals surface area contributed by atoms with Crippen molar-refractivity contribution in [3.8, 4) is 5.75 Å². The normalized spacial score (nSPS) is 29.1. The molecule has 0 N–H and O–H groups in total. The van der Waals surface area contributed by atoms with Crippen molar-refractivity contribution in [2.24, 2.45) is 11.0 Å². The molecule has 1 unspecified atom stereocenters. The van der Waals surface area contributed by atoms with E-state index >= 15 is 0 Å². The van der Waals surface area contributed by atoms with Crippen LogP contribution in [0, 0.1) is 12.8 Å². The van der Waals surface area contributed by atoms with E-state index in [4.69, 9.17) is 21.4 Å². The van der Waals surface area contributed by atoms with Gasteiger partial charge in [-0.1, -0.05) is 48.9 Å². The van der Waals surface area contributed by atoms with E-state index in [1.54, 1.807) is 0 Å². The molecule has 1 atom stereocenters. The molecule has 0 radical (unpaired) electrons. The van der Waals surface area contributed by atoms with Crippen LogP contribution in [-0.4, -0.2) is 16.4 Å². The van der Waals surface area contributed by atoms with Crippen LogP contribution >= 0.6 is 11.6 Å². The third-order valence-corrected chi connectivity index (χ3v) is 6.71. The fourth-order valence-electron chi connectivity index (χ4n) is 4.80. The zero-order valence-corrected chi connectivity index (χ0v) is 16.7. The highest BCUT2D eigenvalue weighted by molar-refractivity contribution is 6.30. The molecule has 4 heteroatoms. The van der Waals surface area contributed by atoms with Gasteiger partial charge in [0.15, 0.2) is 5.72 Å². The second-order valence-electron chi connectivity index (χ2n) is 8.34. The maximum Gasteiger partial charge on any atom is 0.198 e. The van der Waals surface area contributed by atoms with Gasteiger partial charge in [-0.15, -0.1) is 0 Å². The first-order valence-corrected chi connectivity index (χ1v) is 10.3. The largest absolute Gasteiger partial charge is 0.466 e. The predicted molar refractivity (Wildman–Crippen MR) is 109 cm³/mol. The number of halogens is 1. The fraction of sp³-hybridized carbons (Fsp3) is 0.435. The molecule has 1 spiro atoms. The molecule has 1 saturated carbocycles. The van der Waals surface area contributed by atoms with Gasteiger partial charge in [0.25, 0.3) is 0 Å². The summed E-state index contributed by atoms with van der Waals surface area (Å²) in [6.07, 6.45) is 5.37. The molecule has 2 heterocycles. The third-order valence-electron chi connectivity index (χ3n) is 6.45. The number of hydrogen-bond acceptors (Lipinski definition) is 3. The molecular formula is C23H25ClN2O.